The van der Waals surface area contributed by atoms with E-state index < -0.39 is 6.10 Å². The van der Waals surface area contributed by atoms with E-state index in [2.05, 4.69) is 9.55 Å². The van der Waals surface area contributed by atoms with Crippen LogP contribution in [0, 0.1) is 0 Å². The Hall–Kier alpha value is -2.01. The maximum atomic E-state index is 10.1. The largest absolute Gasteiger partial charge is 0.491 e. The number of fused-ring (bicyclic) bond motifs is 1. The second-order valence-electron chi connectivity index (χ2n) is 5.53. The van der Waals surface area contributed by atoms with Gasteiger partial charge < -0.3 is 20.1 Å². The number of nitrogens with zero attached hydrogens (tertiary/aromatic N) is 2. The summed E-state index contributed by atoms with van der Waals surface area (Å²) < 4.78 is 7.64. The van der Waals surface area contributed by atoms with Gasteiger partial charge in [0.2, 0.25) is 0 Å². The number of rotatable bonds is 5. The highest BCUT2D eigenvalue weighted by Gasteiger charge is 2.17. The standard InChI is InChI=1S/C16H21N3O2/c17-12-4-3-5-14(8-12)21-10-13(20)9-19-11-18-15-6-1-2-7-16(15)19/h3-5,8,11,13,20H,1-2,6-7,9-10,17H2. The monoisotopic (exact) mass is 287 g/mol. The van der Waals surface area contributed by atoms with Crippen LogP contribution < -0.4 is 10.5 Å². The molecule has 1 atom stereocenters. The number of anilines is 1. The van der Waals surface area contributed by atoms with Gasteiger partial charge in [-0.15, -0.1) is 0 Å². The minimum Gasteiger partial charge on any atom is -0.491 e. The summed E-state index contributed by atoms with van der Waals surface area (Å²) in [5.41, 5.74) is 8.81. The van der Waals surface area contributed by atoms with Crippen molar-refractivity contribution in [2.45, 2.75) is 38.3 Å². The molecule has 3 rings (SSSR count). The average Bonchev–Trinajstić information content (AvgIpc) is 2.89. The molecule has 0 amide bonds. The van der Waals surface area contributed by atoms with Crippen molar-refractivity contribution in [2.24, 2.45) is 0 Å². The molecule has 0 fully saturated rings. The summed E-state index contributed by atoms with van der Waals surface area (Å²) >= 11 is 0. The Morgan fingerprint density at radius 1 is 1.33 bits per heavy atom. The van der Waals surface area contributed by atoms with Crippen LogP contribution in [0.3, 0.4) is 0 Å². The number of aliphatic hydroxyl groups excluding tert-OH is 1. The number of aryl methyl sites for hydroxylation is 1. The van der Waals surface area contributed by atoms with Gasteiger partial charge in [-0.2, -0.15) is 0 Å². The van der Waals surface area contributed by atoms with E-state index in [-0.39, 0.29) is 6.61 Å². The summed E-state index contributed by atoms with van der Waals surface area (Å²) in [5.74, 6) is 0.682. The summed E-state index contributed by atoms with van der Waals surface area (Å²) in [5, 5.41) is 10.1. The van der Waals surface area contributed by atoms with Crippen LogP contribution in [0.2, 0.25) is 0 Å². The zero-order valence-electron chi connectivity index (χ0n) is 12.0. The number of hydrogen-bond donors (Lipinski definition) is 2. The van der Waals surface area contributed by atoms with Crippen LogP contribution in [-0.4, -0.2) is 27.4 Å². The molecule has 1 aromatic carbocycles. The molecule has 1 aliphatic carbocycles. The Morgan fingerprint density at radius 2 is 2.19 bits per heavy atom. The minimum atomic E-state index is -0.563. The normalized spacial score (nSPS) is 15.5. The predicted octanol–water partition coefficient (Wildman–Crippen LogP) is 1.78. The summed E-state index contributed by atoms with van der Waals surface area (Å²) in [4.78, 5) is 4.43. The lowest BCUT2D eigenvalue weighted by Crippen LogP contribution is -2.24. The molecule has 2 aromatic rings. The van der Waals surface area contributed by atoms with Gasteiger partial charge in [-0.1, -0.05) is 6.07 Å². The summed E-state index contributed by atoms with van der Waals surface area (Å²) in [6, 6.07) is 7.23. The second kappa shape index (κ2) is 6.18. The number of nitrogen functional groups attached to an aromatic ring is 1. The fourth-order valence-corrected chi connectivity index (χ4v) is 2.76. The van der Waals surface area contributed by atoms with Crippen LogP contribution in [0.1, 0.15) is 24.2 Å². The number of aromatic nitrogens is 2. The van der Waals surface area contributed by atoms with Crippen molar-refractivity contribution in [3.63, 3.8) is 0 Å². The molecule has 0 radical (unpaired) electrons. The van der Waals surface area contributed by atoms with Crippen LogP contribution in [0.5, 0.6) is 5.75 Å². The highest BCUT2D eigenvalue weighted by atomic mass is 16.5. The van der Waals surface area contributed by atoms with Crippen molar-refractivity contribution >= 4 is 5.69 Å². The number of imidazole rings is 1. The van der Waals surface area contributed by atoms with Crippen LogP contribution >= 0.6 is 0 Å². The van der Waals surface area contributed by atoms with Crippen molar-refractivity contribution in [3.8, 4) is 5.75 Å². The van der Waals surface area contributed by atoms with Gasteiger partial charge in [0.1, 0.15) is 18.5 Å². The van der Waals surface area contributed by atoms with Crippen molar-refractivity contribution in [2.75, 3.05) is 12.3 Å². The van der Waals surface area contributed by atoms with Crippen LogP contribution in [0.25, 0.3) is 0 Å². The molecule has 5 heteroatoms. The van der Waals surface area contributed by atoms with Gasteiger partial charge in [0.05, 0.1) is 18.6 Å². The number of benzene rings is 1. The molecule has 5 nitrogen and oxygen atoms in total. The Balaban J connectivity index is 1.57. The van der Waals surface area contributed by atoms with E-state index in [0.29, 0.717) is 18.0 Å². The number of aliphatic hydroxyl groups is 1. The Morgan fingerprint density at radius 3 is 3.05 bits per heavy atom. The molecule has 21 heavy (non-hydrogen) atoms. The molecule has 112 valence electrons. The predicted molar refractivity (Wildman–Crippen MR) is 81.2 cm³/mol. The molecule has 3 N–H and O–H groups in total. The summed E-state index contributed by atoms with van der Waals surface area (Å²) in [6.45, 7) is 0.765. The Kier molecular flexibility index (Phi) is 4.10. The fourth-order valence-electron chi connectivity index (χ4n) is 2.76. The van der Waals surface area contributed by atoms with Crippen molar-refractivity contribution in [3.05, 3.63) is 42.0 Å². The van der Waals surface area contributed by atoms with Gasteiger partial charge >= 0.3 is 0 Å². The zero-order chi connectivity index (χ0) is 14.7. The number of ether oxygens (including phenoxy) is 1. The summed E-state index contributed by atoms with van der Waals surface area (Å²) in [6.07, 6.45) is 5.79. The van der Waals surface area contributed by atoms with Crippen LogP contribution in [-0.2, 0) is 19.4 Å². The molecule has 0 bridgehead atoms. The highest BCUT2D eigenvalue weighted by molar-refractivity contribution is 5.43. The first kappa shape index (κ1) is 13.9. The lowest BCUT2D eigenvalue weighted by molar-refractivity contribution is 0.0917. The number of hydrogen-bond acceptors (Lipinski definition) is 4. The van der Waals surface area contributed by atoms with Crippen molar-refractivity contribution in [1.29, 1.82) is 0 Å². The van der Waals surface area contributed by atoms with Gasteiger partial charge in [0, 0.05) is 17.4 Å². The van der Waals surface area contributed by atoms with Crippen LogP contribution in [0.4, 0.5) is 5.69 Å². The minimum absolute atomic E-state index is 0.246. The van der Waals surface area contributed by atoms with Gasteiger partial charge in [0.25, 0.3) is 0 Å². The Labute approximate surface area is 124 Å². The first-order valence-corrected chi connectivity index (χ1v) is 7.41. The topological polar surface area (TPSA) is 73.3 Å². The molecule has 1 heterocycles. The van der Waals surface area contributed by atoms with Crippen molar-refractivity contribution in [1.82, 2.24) is 9.55 Å². The molecule has 0 aliphatic heterocycles. The van der Waals surface area contributed by atoms with Gasteiger partial charge in [-0.25, -0.2) is 4.98 Å². The molecule has 1 aromatic heterocycles. The van der Waals surface area contributed by atoms with Crippen molar-refractivity contribution < 1.29 is 9.84 Å². The highest BCUT2D eigenvalue weighted by Crippen LogP contribution is 2.20. The third-order valence-electron chi connectivity index (χ3n) is 3.82. The molecule has 0 spiro atoms. The molecule has 1 aliphatic rings. The molecule has 1 unspecified atom stereocenters. The maximum absolute atomic E-state index is 10.1. The van der Waals surface area contributed by atoms with E-state index in [1.807, 2.05) is 18.5 Å². The lowest BCUT2D eigenvalue weighted by atomic mass is 10.0. The third-order valence-corrected chi connectivity index (χ3v) is 3.82. The smallest absolute Gasteiger partial charge is 0.121 e. The maximum Gasteiger partial charge on any atom is 0.121 e. The Bertz CT molecular complexity index is 609. The summed E-state index contributed by atoms with van der Waals surface area (Å²) in [7, 11) is 0. The zero-order valence-corrected chi connectivity index (χ0v) is 12.0. The van der Waals surface area contributed by atoms with Gasteiger partial charge in [-0.3, -0.25) is 0 Å². The molecular formula is C16H21N3O2. The average molecular weight is 287 g/mol. The van der Waals surface area contributed by atoms with E-state index >= 15 is 0 Å². The van der Waals surface area contributed by atoms with Gasteiger partial charge in [0.15, 0.2) is 0 Å². The third kappa shape index (κ3) is 3.36. The van der Waals surface area contributed by atoms with E-state index in [9.17, 15) is 5.11 Å². The van der Waals surface area contributed by atoms with E-state index in [1.54, 1.807) is 12.1 Å². The van der Waals surface area contributed by atoms with E-state index in [1.165, 1.54) is 24.2 Å². The fraction of sp³-hybridized carbons (Fsp3) is 0.438. The van der Waals surface area contributed by atoms with Crippen LogP contribution in [0.15, 0.2) is 30.6 Å². The van der Waals surface area contributed by atoms with E-state index in [4.69, 9.17) is 10.5 Å². The lowest BCUT2D eigenvalue weighted by Gasteiger charge is -2.17. The molecule has 0 saturated carbocycles. The van der Waals surface area contributed by atoms with Gasteiger partial charge in [-0.05, 0) is 37.8 Å². The first-order chi connectivity index (χ1) is 10.2. The molecular weight excluding hydrogens is 266 g/mol. The second-order valence-corrected chi connectivity index (χ2v) is 5.53. The SMILES string of the molecule is Nc1cccc(OCC(O)Cn2cnc3c2CCCC3)c1. The van der Waals surface area contributed by atoms with E-state index in [0.717, 1.165) is 12.8 Å². The quantitative estimate of drug-likeness (QED) is 0.822. The first-order valence-electron chi connectivity index (χ1n) is 7.41. The number of nitrogens with two attached hydrogens (primary N) is 1. The molecule has 0 saturated heterocycles.